The quantitative estimate of drug-likeness (QED) is 0.0922. The molecule has 0 aliphatic carbocycles. The predicted octanol–water partition coefficient (Wildman–Crippen LogP) is 9.46. The summed E-state index contributed by atoms with van der Waals surface area (Å²) in [7, 11) is 1.54. The van der Waals surface area contributed by atoms with Crippen LogP contribution in [0.15, 0.2) is 30.6 Å². The summed E-state index contributed by atoms with van der Waals surface area (Å²) < 4.78 is 139. The second kappa shape index (κ2) is 14.8. The van der Waals surface area contributed by atoms with E-state index >= 15 is 0 Å². The van der Waals surface area contributed by atoms with Crippen molar-refractivity contribution < 1.29 is 53.2 Å². The Hall–Kier alpha value is -2.47. The van der Waals surface area contributed by atoms with E-state index in [1.54, 1.807) is 13.2 Å². The van der Waals surface area contributed by atoms with Crippen LogP contribution in [0.1, 0.15) is 95.4 Å². The molecule has 0 N–H and O–H groups in total. The zero-order valence-electron chi connectivity index (χ0n) is 24.0. The van der Waals surface area contributed by atoms with Gasteiger partial charge < -0.3 is 4.74 Å². The maximum atomic E-state index is 13.8. The lowest BCUT2D eigenvalue weighted by atomic mass is 9.97. The first-order valence-corrected chi connectivity index (χ1v) is 14.1. The van der Waals surface area contributed by atoms with Gasteiger partial charge in [0.1, 0.15) is 30.5 Å². The molecule has 1 aromatic carbocycles. The van der Waals surface area contributed by atoms with Crippen molar-refractivity contribution >= 4 is 0 Å². The van der Waals surface area contributed by atoms with Crippen LogP contribution in [-0.4, -0.2) is 35.6 Å². The number of nitrogens with zero attached hydrogens (tertiary/aromatic N) is 2. The zero-order valence-corrected chi connectivity index (χ0v) is 24.0. The van der Waals surface area contributed by atoms with Crippen molar-refractivity contribution in [3.8, 4) is 5.75 Å². The molecule has 13 heteroatoms. The number of ether oxygens (including phenoxy) is 1. The summed E-state index contributed by atoms with van der Waals surface area (Å²) in [6.45, 7) is 5.40. The Balaban J connectivity index is 1.69. The topological polar surface area (TPSA) is 18.0 Å². The van der Waals surface area contributed by atoms with Crippen molar-refractivity contribution in [2.45, 2.75) is 121 Å². The molecule has 0 aliphatic heterocycles. The summed E-state index contributed by atoms with van der Waals surface area (Å²) in [4.78, 5) is 0. The molecule has 0 amide bonds. The van der Waals surface area contributed by atoms with Crippen molar-refractivity contribution in [3.05, 3.63) is 47.8 Å². The molecule has 0 spiro atoms. The highest BCUT2D eigenvalue weighted by atomic mass is 19.4. The van der Waals surface area contributed by atoms with Gasteiger partial charge in [0.05, 0.1) is 19.6 Å². The number of rotatable bonds is 18. The number of unbranched alkanes of at least 4 members (excludes halogenated alkanes) is 8. The van der Waals surface area contributed by atoms with Gasteiger partial charge in [0, 0.05) is 12.0 Å². The van der Waals surface area contributed by atoms with Crippen LogP contribution < -0.4 is 9.30 Å². The van der Waals surface area contributed by atoms with Gasteiger partial charge in [-0.2, -0.15) is 39.5 Å². The Labute approximate surface area is 239 Å². The van der Waals surface area contributed by atoms with Gasteiger partial charge >= 0.3 is 23.9 Å². The molecular weight excluding hydrogens is 582 g/mol. The Bertz CT molecular complexity index is 1110. The number of aromatic nitrogens is 2. The fraction of sp³-hybridized carbons (Fsp3) is 0.690. The van der Waals surface area contributed by atoms with Gasteiger partial charge in [-0.3, -0.25) is 0 Å². The summed E-state index contributed by atoms with van der Waals surface area (Å²) >= 11 is 0. The molecule has 0 saturated carbocycles. The largest absolute Gasteiger partial charge is 0.496 e. The van der Waals surface area contributed by atoms with Crippen LogP contribution in [-0.2, 0) is 13.1 Å². The normalized spacial score (nSPS) is 13.3. The highest BCUT2D eigenvalue weighted by molar-refractivity contribution is 5.33. The second-order valence-corrected chi connectivity index (χ2v) is 10.9. The Kier molecular flexibility index (Phi) is 12.6. The van der Waals surface area contributed by atoms with E-state index in [1.807, 2.05) is 12.4 Å². The van der Waals surface area contributed by atoms with Crippen molar-refractivity contribution in [2.75, 3.05) is 7.11 Å². The van der Waals surface area contributed by atoms with E-state index in [9.17, 15) is 43.9 Å². The molecular formula is C29H39F10N2O+. The van der Waals surface area contributed by atoms with Crippen LogP contribution in [0.4, 0.5) is 43.9 Å². The maximum absolute atomic E-state index is 13.8. The standard InChI is InChI=1S/C29H39F10N2O/c1-21(2)25-40(17-18-41(25)20-22-19-23(30)13-14-24(22)42-3)16-12-10-8-6-4-5-7-9-11-15-26(31,32)27(33,34)28(35,36)29(37,38)39/h13-14,17-19,21H,4-12,15-16,20H2,1-3H3/q+1. The molecule has 1 heterocycles. The first kappa shape index (κ1) is 35.7. The van der Waals surface area contributed by atoms with Gasteiger partial charge in [0.25, 0.3) is 5.82 Å². The number of hydrogen-bond donors (Lipinski definition) is 0. The molecule has 0 bridgehead atoms. The number of methoxy groups -OCH3 is 1. The second-order valence-electron chi connectivity index (χ2n) is 10.9. The number of benzene rings is 1. The van der Waals surface area contributed by atoms with Gasteiger partial charge in [-0.25, -0.2) is 13.5 Å². The SMILES string of the molecule is COc1ccc(F)cc1C[n+]1ccn(CCCCCCCCCCCC(F)(F)C(F)(F)C(F)(F)C(F)(F)F)c1C(C)C. The van der Waals surface area contributed by atoms with Crippen LogP contribution in [0.5, 0.6) is 5.75 Å². The van der Waals surface area contributed by atoms with E-state index in [2.05, 4.69) is 23.0 Å². The molecule has 2 aromatic rings. The fourth-order valence-corrected chi connectivity index (χ4v) is 4.95. The number of aryl methyl sites for hydroxylation is 1. The monoisotopic (exact) mass is 621 g/mol. The Morgan fingerprint density at radius 3 is 1.86 bits per heavy atom. The van der Waals surface area contributed by atoms with E-state index < -0.39 is 36.8 Å². The molecule has 0 atom stereocenters. The molecule has 0 saturated heterocycles. The minimum Gasteiger partial charge on any atom is -0.496 e. The summed E-state index contributed by atoms with van der Waals surface area (Å²) in [5.74, 6) is -17.2. The molecule has 2 rings (SSSR count). The fourth-order valence-electron chi connectivity index (χ4n) is 4.95. The van der Waals surface area contributed by atoms with E-state index in [0.29, 0.717) is 25.1 Å². The van der Waals surface area contributed by atoms with E-state index in [-0.39, 0.29) is 18.2 Å². The first-order chi connectivity index (χ1) is 19.5. The van der Waals surface area contributed by atoms with Gasteiger partial charge in [0.15, 0.2) is 0 Å². The third kappa shape index (κ3) is 8.78. The van der Waals surface area contributed by atoms with Crippen molar-refractivity contribution in [1.82, 2.24) is 4.57 Å². The molecule has 42 heavy (non-hydrogen) atoms. The number of alkyl halides is 9. The number of imidazole rings is 1. The lowest BCUT2D eigenvalue weighted by Gasteiger charge is -2.33. The highest BCUT2D eigenvalue weighted by Gasteiger charge is 2.81. The van der Waals surface area contributed by atoms with Gasteiger partial charge in [-0.15, -0.1) is 0 Å². The Morgan fingerprint density at radius 2 is 1.33 bits per heavy atom. The zero-order chi connectivity index (χ0) is 31.8. The van der Waals surface area contributed by atoms with Crippen LogP contribution in [0.3, 0.4) is 0 Å². The summed E-state index contributed by atoms with van der Waals surface area (Å²) in [5.41, 5.74) is 0.733. The first-order valence-electron chi connectivity index (χ1n) is 14.1. The van der Waals surface area contributed by atoms with Crippen LogP contribution in [0, 0.1) is 5.82 Å². The minimum atomic E-state index is -6.82. The van der Waals surface area contributed by atoms with Crippen molar-refractivity contribution in [1.29, 1.82) is 0 Å². The van der Waals surface area contributed by atoms with Crippen molar-refractivity contribution in [2.24, 2.45) is 0 Å². The molecule has 0 unspecified atom stereocenters. The molecule has 0 radical (unpaired) electrons. The molecule has 1 aromatic heterocycles. The third-order valence-corrected chi connectivity index (χ3v) is 7.21. The summed E-state index contributed by atoms with van der Waals surface area (Å²) in [6, 6.07) is 4.41. The summed E-state index contributed by atoms with van der Waals surface area (Å²) in [6.07, 6.45) is 0.216. The third-order valence-electron chi connectivity index (χ3n) is 7.21. The van der Waals surface area contributed by atoms with Crippen molar-refractivity contribution in [3.63, 3.8) is 0 Å². The van der Waals surface area contributed by atoms with Gasteiger partial charge in [-0.05, 0) is 37.5 Å². The number of halogens is 10. The highest BCUT2D eigenvalue weighted by Crippen LogP contribution is 2.54. The Morgan fingerprint density at radius 1 is 0.786 bits per heavy atom. The van der Waals surface area contributed by atoms with E-state index in [4.69, 9.17) is 4.74 Å². The molecule has 240 valence electrons. The minimum absolute atomic E-state index is 0.0242. The van der Waals surface area contributed by atoms with E-state index in [1.165, 1.54) is 12.1 Å². The predicted molar refractivity (Wildman–Crippen MR) is 138 cm³/mol. The lowest BCUT2D eigenvalue weighted by molar-refractivity contribution is -0.696. The smallest absolute Gasteiger partial charge is 0.460 e. The average Bonchev–Trinajstić information content (AvgIpc) is 3.29. The van der Waals surface area contributed by atoms with E-state index in [0.717, 1.165) is 50.0 Å². The van der Waals surface area contributed by atoms with Gasteiger partial charge in [-0.1, -0.05) is 52.4 Å². The molecule has 0 aliphatic rings. The number of hydrogen-bond acceptors (Lipinski definition) is 1. The molecule has 0 fully saturated rings. The van der Waals surface area contributed by atoms with Crippen LogP contribution >= 0.6 is 0 Å². The molecule has 3 nitrogen and oxygen atoms in total. The maximum Gasteiger partial charge on any atom is 0.460 e. The van der Waals surface area contributed by atoms with Gasteiger partial charge in [0.2, 0.25) is 0 Å². The average molecular weight is 622 g/mol. The van der Waals surface area contributed by atoms with Crippen LogP contribution in [0.2, 0.25) is 0 Å². The lowest BCUT2D eigenvalue weighted by Crippen LogP contribution is -2.60. The van der Waals surface area contributed by atoms with Crippen LogP contribution in [0.25, 0.3) is 0 Å². The summed E-state index contributed by atoms with van der Waals surface area (Å²) in [5, 5.41) is 0.